The Labute approximate surface area is 299 Å². The Hall–Kier alpha value is -5.15. The fraction of sp³-hybridized carbons (Fsp3) is 0.462. The van der Waals surface area contributed by atoms with Crippen molar-refractivity contribution in [3.05, 3.63) is 77.6 Å². The fourth-order valence-electron chi connectivity index (χ4n) is 8.19. The van der Waals surface area contributed by atoms with Gasteiger partial charge in [-0.2, -0.15) is 15.2 Å². The summed E-state index contributed by atoms with van der Waals surface area (Å²) in [6, 6.07) is 15.3. The average molecular weight is 691 g/mol. The van der Waals surface area contributed by atoms with Crippen LogP contribution in [0.15, 0.2) is 60.8 Å². The van der Waals surface area contributed by atoms with Crippen LogP contribution in [-0.4, -0.2) is 106 Å². The first kappa shape index (κ1) is 34.3. The van der Waals surface area contributed by atoms with Crippen LogP contribution in [0.5, 0.6) is 6.01 Å². The summed E-state index contributed by atoms with van der Waals surface area (Å²) >= 11 is 0. The number of aryl methyl sites for hydroxylation is 1. The number of amides is 2. The van der Waals surface area contributed by atoms with Gasteiger partial charge in [-0.1, -0.05) is 42.5 Å². The predicted molar refractivity (Wildman–Crippen MR) is 196 cm³/mol. The maximum absolute atomic E-state index is 14.3. The Balaban J connectivity index is 1.20. The second-order valence-corrected chi connectivity index (χ2v) is 14.3. The molecule has 0 radical (unpaired) electrons. The van der Waals surface area contributed by atoms with Crippen LogP contribution in [0.1, 0.15) is 49.4 Å². The van der Waals surface area contributed by atoms with E-state index >= 15 is 0 Å². The van der Waals surface area contributed by atoms with Crippen molar-refractivity contribution in [2.75, 3.05) is 56.2 Å². The monoisotopic (exact) mass is 690 g/mol. The van der Waals surface area contributed by atoms with Crippen LogP contribution in [0, 0.1) is 18.3 Å². The lowest BCUT2D eigenvalue weighted by Gasteiger charge is -2.46. The quantitative estimate of drug-likeness (QED) is 0.357. The summed E-state index contributed by atoms with van der Waals surface area (Å²) in [6.45, 7) is 7.93. The van der Waals surface area contributed by atoms with Gasteiger partial charge in [0.25, 0.3) is 0 Å². The van der Waals surface area contributed by atoms with E-state index in [2.05, 4.69) is 71.1 Å². The molecule has 7 rings (SSSR count). The lowest BCUT2D eigenvalue weighted by molar-refractivity contribution is -0.144. The number of nitrogens with zero attached hydrogens (tertiary/aromatic N) is 8. The van der Waals surface area contributed by atoms with E-state index in [1.165, 1.54) is 28.2 Å². The number of carbonyl (C=O) groups excluding carboxylic acids is 1. The number of fused-ring (bicyclic) bond motifs is 2. The van der Waals surface area contributed by atoms with Crippen molar-refractivity contribution in [3.63, 3.8) is 0 Å². The zero-order valence-electron chi connectivity index (χ0n) is 29.7. The van der Waals surface area contributed by atoms with Gasteiger partial charge in [0.15, 0.2) is 0 Å². The minimum Gasteiger partial charge on any atom is -0.465 e. The van der Waals surface area contributed by atoms with Gasteiger partial charge in [-0.05, 0) is 76.2 Å². The first-order valence-corrected chi connectivity index (χ1v) is 17.9. The van der Waals surface area contributed by atoms with E-state index in [9.17, 15) is 20.0 Å². The Morgan fingerprint density at radius 2 is 1.88 bits per heavy atom. The Morgan fingerprint density at radius 3 is 2.65 bits per heavy atom. The van der Waals surface area contributed by atoms with Crippen LogP contribution in [0.2, 0.25) is 0 Å². The van der Waals surface area contributed by atoms with Gasteiger partial charge in [0.2, 0.25) is 5.91 Å². The first-order chi connectivity index (χ1) is 24.7. The number of likely N-dealkylation sites (tertiary alicyclic amines) is 1. The molecule has 1 aromatic heterocycles. The van der Waals surface area contributed by atoms with E-state index in [4.69, 9.17) is 14.7 Å². The SMILES string of the molecule is Cc1cccc2cccc(N3CCc4c(nc(OC[C@@H]5CCCN5C)nc4N4CCN(C(=O)[C@]5(C)CC=CC=CN5C(=O)O)[C@@H](CC#N)C4)C3)c12. The number of piperazine rings is 1. The second kappa shape index (κ2) is 14.2. The summed E-state index contributed by atoms with van der Waals surface area (Å²) in [4.78, 5) is 46.2. The van der Waals surface area contributed by atoms with E-state index < -0.39 is 17.7 Å². The summed E-state index contributed by atoms with van der Waals surface area (Å²) in [7, 11) is 2.12. The summed E-state index contributed by atoms with van der Waals surface area (Å²) in [5.74, 6) is 0.480. The van der Waals surface area contributed by atoms with Gasteiger partial charge in [0, 0.05) is 55.1 Å². The van der Waals surface area contributed by atoms with Crippen molar-refractivity contribution >= 4 is 34.3 Å². The van der Waals surface area contributed by atoms with Gasteiger partial charge in [0.05, 0.1) is 30.8 Å². The first-order valence-electron chi connectivity index (χ1n) is 17.9. The van der Waals surface area contributed by atoms with E-state index in [0.717, 1.165) is 54.3 Å². The zero-order chi connectivity index (χ0) is 35.7. The van der Waals surface area contributed by atoms with E-state index in [-0.39, 0.29) is 18.7 Å². The molecule has 12 heteroatoms. The molecule has 3 atom stereocenters. The molecule has 51 heavy (non-hydrogen) atoms. The van der Waals surface area contributed by atoms with Crippen molar-refractivity contribution in [2.24, 2.45) is 0 Å². The highest BCUT2D eigenvalue weighted by Gasteiger charge is 2.46. The number of benzene rings is 2. The van der Waals surface area contributed by atoms with Crippen molar-refractivity contribution in [2.45, 2.75) is 70.1 Å². The lowest BCUT2D eigenvalue weighted by atomic mass is 9.92. The predicted octanol–water partition coefficient (Wildman–Crippen LogP) is 5.12. The maximum atomic E-state index is 14.3. The zero-order valence-corrected chi connectivity index (χ0v) is 29.7. The molecule has 2 saturated heterocycles. The molecular weight excluding hydrogens is 644 g/mol. The van der Waals surface area contributed by atoms with Crippen molar-refractivity contribution < 1.29 is 19.4 Å². The van der Waals surface area contributed by atoms with Gasteiger partial charge in [0.1, 0.15) is 18.0 Å². The van der Waals surface area contributed by atoms with Crippen molar-refractivity contribution in [1.82, 2.24) is 24.7 Å². The summed E-state index contributed by atoms with van der Waals surface area (Å²) < 4.78 is 6.36. The molecule has 5 heterocycles. The molecule has 266 valence electrons. The molecule has 0 unspecified atom stereocenters. The Bertz CT molecular complexity index is 1920. The van der Waals surface area contributed by atoms with Crippen LogP contribution < -0.4 is 14.5 Å². The number of hydrogen-bond acceptors (Lipinski definition) is 9. The van der Waals surface area contributed by atoms with Gasteiger partial charge < -0.3 is 29.4 Å². The molecule has 4 aliphatic rings. The number of carbonyl (C=O) groups is 2. The molecule has 2 fully saturated rings. The van der Waals surface area contributed by atoms with Crippen molar-refractivity contribution in [1.29, 1.82) is 5.26 Å². The summed E-state index contributed by atoms with van der Waals surface area (Å²) in [6.07, 6.45) is 8.70. The fourth-order valence-corrected chi connectivity index (χ4v) is 8.19. The van der Waals surface area contributed by atoms with Crippen molar-refractivity contribution in [3.8, 4) is 12.1 Å². The molecule has 0 bridgehead atoms. The number of ether oxygens (including phenoxy) is 1. The summed E-state index contributed by atoms with van der Waals surface area (Å²) in [5, 5.41) is 22.4. The number of allylic oxidation sites excluding steroid dienone is 2. The molecule has 0 saturated carbocycles. The minimum atomic E-state index is -1.34. The van der Waals surface area contributed by atoms with Crippen LogP contribution in [0.4, 0.5) is 16.3 Å². The van der Waals surface area contributed by atoms with Crippen LogP contribution in [0.3, 0.4) is 0 Å². The molecule has 12 nitrogen and oxygen atoms in total. The maximum Gasteiger partial charge on any atom is 0.412 e. The van der Waals surface area contributed by atoms with Gasteiger partial charge in [-0.25, -0.2) is 4.79 Å². The normalized spacial score (nSPS) is 23.6. The Morgan fingerprint density at radius 1 is 1.06 bits per heavy atom. The standard InChI is InChI=1S/C39H46N8O4/c1-27-10-7-11-28-12-8-14-33(34(27)28)44-21-16-31-32(25-44)41-37(51-26-30-13-9-19-43(30)3)42-35(31)45-22-23-46(29(24-45)15-18-40)36(48)39(2)17-5-4-6-20-47(39)38(49)50/h4-8,10-12,14,20,29-30H,9,13,15-17,19,21-26H2,1-3H3,(H,49,50)/t29-,30-,39-/m0/s1. The lowest BCUT2D eigenvalue weighted by Crippen LogP contribution is -2.64. The number of anilines is 2. The number of carboxylic acid groups (broad SMARTS) is 1. The highest BCUT2D eigenvalue weighted by molar-refractivity contribution is 5.97. The molecule has 4 aliphatic heterocycles. The highest BCUT2D eigenvalue weighted by atomic mass is 16.5. The minimum absolute atomic E-state index is 0.107. The Kier molecular flexibility index (Phi) is 9.57. The van der Waals surface area contributed by atoms with Crippen LogP contribution >= 0.6 is 0 Å². The second-order valence-electron chi connectivity index (χ2n) is 14.3. The average Bonchev–Trinajstić information content (AvgIpc) is 3.43. The molecule has 0 spiro atoms. The molecule has 2 aromatic carbocycles. The smallest absolute Gasteiger partial charge is 0.412 e. The number of nitriles is 1. The molecule has 2 amide bonds. The van der Waals surface area contributed by atoms with E-state index in [0.29, 0.717) is 44.8 Å². The number of rotatable bonds is 7. The number of hydrogen-bond donors (Lipinski definition) is 1. The van der Waals surface area contributed by atoms with Gasteiger partial charge in [-0.3, -0.25) is 9.69 Å². The van der Waals surface area contributed by atoms with E-state index in [1.54, 1.807) is 24.0 Å². The van der Waals surface area contributed by atoms with Crippen LogP contribution in [-0.2, 0) is 17.8 Å². The molecule has 0 aliphatic carbocycles. The van der Waals surface area contributed by atoms with Crippen LogP contribution in [0.25, 0.3) is 10.8 Å². The largest absolute Gasteiger partial charge is 0.465 e. The van der Waals surface area contributed by atoms with Gasteiger partial charge >= 0.3 is 12.1 Å². The van der Waals surface area contributed by atoms with E-state index in [1.807, 2.05) is 6.08 Å². The van der Waals surface area contributed by atoms with Gasteiger partial charge in [-0.15, -0.1) is 0 Å². The summed E-state index contributed by atoms with van der Waals surface area (Å²) in [5.41, 5.74) is 3.06. The molecule has 3 aromatic rings. The highest BCUT2D eigenvalue weighted by Crippen LogP contribution is 2.37. The molecule has 1 N–H and O–H groups in total. The molecular formula is C39H46N8O4. The third kappa shape index (κ3) is 6.58. The number of likely N-dealkylation sites (N-methyl/N-ethyl adjacent to an activating group) is 1. The third-order valence-corrected chi connectivity index (χ3v) is 11.1. The third-order valence-electron chi connectivity index (χ3n) is 11.1. The number of aromatic nitrogens is 2. The topological polar surface area (TPSA) is 129 Å².